The normalized spacial score (nSPS) is 41.2. The van der Waals surface area contributed by atoms with Crippen LogP contribution in [-0.2, 0) is 0 Å². The average molecular weight is 140 g/mol. The van der Waals surface area contributed by atoms with Crippen LogP contribution < -0.4 is 0 Å². The second-order valence-corrected chi connectivity index (χ2v) is 3.47. The van der Waals surface area contributed by atoms with Gasteiger partial charge in [0.25, 0.3) is 0 Å². The predicted molar refractivity (Wildman–Crippen MR) is 42.7 cm³/mol. The third kappa shape index (κ3) is 1.24. The number of hydrogen-bond donors (Lipinski definition) is 1. The molecule has 58 valence electrons. The van der Waals surface area contributed by atoms with E-state index in [2.05, 4.69) is 19.9 Å². The largest absolute Gasteiger partial charge is 0.388 e. The highest BCUT2D eigenvalue weighted by atomic mass is 16.3. The Balaban J connectivity index is 2.71. The van der Waals surface area contributed by atoms with Crippen molar-refractivity contribution in [3.8, 4) is 0 Å². The summed E-state index contributed by atoms with van der Waals surface area (Å²) in [5, 5.41) is 9.55. The van der Waals surface area contributed by atoms with Crippen molar-refractivity contribution in [3.05, 3.63) is 11.6 Å². The minimum Gasteiger partial charge on any atom is -0.388 e. The third-order valence-corrected chi connectivity index (χ3v) is 2.67. The summed E-state index contributed by atoms with van der Waals surface area (Å²) in [6, 6.07) is 0. The third-order valence-electron chi connectivity index (χ3n) is 2.67. The van der Waals surface area contributed by atoms with E-state index in [1.165, 1.54) is 0 Å². The van der Waals surface area contributed by atoms with E-state index in [9.17, 15) is 5.11 Å². The molecule has 0 aromatic carbocycles. The van der Waals surface area contributed by atoms with Crippen molar-refractivity contribution in [1.82, 2.24) is 0 Å². The van der Waals surface area contributed by atoms with Gasteiger partial charge in [0.05, 0.1) is 6.10 Å². The zero-order valence-corrected chi connectivity index (χ0v) is 6.96. The average Bonchev–Trinajstić information content (AvgIpc) is 1.93. The zero-order chi connectivity index (χ0) is 7.72. The maximum atomic E-state index is 9.55. The highest BCUT2D eigenvalue weighted by molar-refractivity contribution is 5.10. The molecule has 10 heavy (non-hydrogen) atoms. The van der Waals surface area contributed by atoms with Crippen LogP contribution in [0.5, 0.6) is 0 Å². The molecular weight excluding hydrogens is 124 g/mol. The molecular formula is C9H16O. The van der Waals surface area contributed by atoms with Crippen LogP contribution in [0.4, 0.5) is 0 Å². The van der Waals surface area contributed by atoms with Crippen LogP contribution in [0.25, 0.3) is 0 Å². The lowest BCUT2D eigenvalue weighted by molar-refractivity contribution is 0.109. The Morgan fingerprint density at radius 3 is 2.60 bits per heavy atom. The van der Waals surface area contributed by atoms with E-state index in [0.717, 1.165) is 12.0 Å². The van der Waals surface area contributed by atoms with E-state index in [1.807, 2.05) is 6.92 Å². The maximum absolute atomic E-state index is 9.55. The van der Waals surface area contributed by atoms with E-state index in [1.54, 1.807) is 0 Å². The maximum Gasteiger partial charge on any atom is 0.0775 e. The smallest absolute Gasteiger partial charge is 0.0775 e. The molecule has 1 nitrogen and oxygen atoms in total. The molecule has 0 fully saturated rings. The van der Waals surface area contributed by atoms with Gasteiger partial charge in [-0.15, -0.1) is 0 Å². The van der Waals surface area contributed by atoms with Crippen molar-refractivity contribution in [3.63, 3.8) is 0 Å². The Morgan fingerprint density at radius 1 is 1.50 bits per heavy atom. The Hall–Kier alpha value is -0.300. The Bertz CT molecular complexity index is 149. The summed E-state index contributed by atoms with van der Waals surface area (Å²) in [5.74, 6) is 1.07. The lowest BCUT2D eigenvalue weighted by atomic mass is 9.80. The van der Waals surface area contributed by atoms with Crippen LogP contribution in [0, 0.1) is 11.8 Å². The number of allylic oxidation sites excluding steroid dienone is 1. The molecule has 1 aliphatic rings. The van der Waals surface area contributed by atoms with Crippen molar-refractivity contribution in [2.45, 2.75) is 33.3 Å². The summed E-state index contributed by atoms with van der Waals surface area (Å²) >= 11 is 0. The summed E-state index contributed by atoms with van der Waals surface area (Å²) in [4.78, 5) is 0. The molecule has 0 amide bonds. The summed E-state index contributed by atoms with van der Waals surface area (Å²) in [6.07, 6.45) is 3.09. The van der Waals surface area contributed by atoms with Crippen molar-refractivity contribution >= 4 is 0 Å². The van der Waals surface area contributed by atoms with E-state index in [-0.39, 0.29) is 6.10 Å². The molecule has 0 saturated carbocycles. The summed E-state index contributed by atoms with van der Waals surface area (Å²) in [6.45, 7) is 6.32. The SMILES string of the molecule is CC1=CC[C@H](C)[C@H](C)[C@@H]1O. The fraction of sp³-hybridized carbons (Fsp3) is 0.778. The highest BCUT2D eigenvalue weighted by Crippen LogP contribution is 2.28. The monoisotopic (exact) mass is 140 g/mol. The summed E-state index contributed by atoms with van der Waals surface area (Å²) < 4.78 is 0. The lowest BCUT2D eigenvalue weighted by Gasteiger charge is -2.29. The molecule has 1 heteroatoms. The molecule has 1 aliphatic carbocycles. The summed E-state index contributed by atoms with van der Waals surface area (Å²) in [5.41, 5.74) is 1.14. The van der Waals surface area contributed by atoms with E-state index < -0.39 is 0 Å². The van der Waals surface area contributed by atoms with Crippen LogP contribution in [0.3, 0.4) is 0 Å². The molecule has 0 unspecified atom stereocenters. The van der Waals surface area contributed by atoms with Crippen LogP contribution in [0.15, 0.2) is 11.6 Å². The Morgan fingerprint density at radius 2 is 2.10 bits per heavy atom. The molecule has 0 heterocycles. The van der Waals surface area contributed by atoms with E-state index >= 15 is 0 Å². The molecule has 0 aromatic heterocycles. The second kappa shape index (κ2) is 2.75. The van der Waals surface area contributed by atoms with Gasteiger partial charge < -0.3 is 5.11 Å². The molecule has 0 aromatic rings. The van der Waals surface area contributed by atoms with Crippen LogP contribution in [0.2, 0.25) is 0 Å². The van der Waals surface area contributed by atoms with Crippen LogP contribution >= 0.6 is 0 Å². The van der Waals surface area contributed by atoms with E-state index in [0.29, 0.717) is 11.8 Å². The van der Waals surface area contributed by atoms with Gasteiger partial charge in [0.2, 0.25) is 0 Å². The number of rotatable bonds is 0. The molecule has 0 radical (unpaired) electrons. The molecule has 1 N–H and O–H groups in total. The van der Waals surface area contributed by atoms with Crippen LogP contribution in [-0.4, -0.2) is 11.2 Å². The predicted octanol–water partition coefficient (Wildman–Crippen LogP) is 1.97. The molecule has 1 rings (SSSR count). The summed E-state index contributed by atoms with van der Waals surface area (Å²) in [7, 11) is 0. The quantitative estimate of drug-likeness (QED) is 0.510. The minimum absolute atomic E-state index is 0.191. The van der Waals surface area contributed by atoms with Gasteiger partial charge in [-0.3, -0.25) is 0 Å². The first-order chi connectivity index (χ1) is 4.63. The fourth-order valence-corrected chi connectivity index (χ4v) is 1.43. The van der Waals surface area contributed by atoms with Gasteiger partial charge in [-0.2, -0.15) is 0 Å². The Labute approximate surface area is 62.8 Å². The number of hydrogen-bond acceptors (Lipinski definition) is 1. The van der Waals surface area contributed by atoms with Gasteiger partial charge in [-0.1, -0.05) is 19.9 Å². The molecule has 0 saturated heterocycles. The highest BCUT2D eigenvalue weighted by Gasteiger charge is 2.24. The van der Waals surface area contributed by atoms with Crippen molar-refractivity contribution < 1.29 is 5.11 Å². The molecule has 0 spiro atoms. The number of aliphatic hydroxyl groups is 1. The Kier molecular flexibility index (Phi) is 2.14. The fourth-order valence-electron chi connectivity index (χ4n) is 1.43. The minimum atomic E-state index is -0.191. The van der Waals surface area contributed by atoms with Crippen LogP contribution in [0.1, 0.15) is 27.2 Å². The zero-order valence-electron chi connectivity index (χ0n) is 6.96. The molecule has 0 bridgehead atoms. The first kappa shape index (κ1) is 7.80. The van der Waals surface area contributed by atoms with Gasteiger partial charge in [0, 0.05) is 0 Å². The van der Waals surface area contributed by atoms with Crippen molar-refractivity contribution in [2.75, 3.05) is 0 Å². The van der Waals surface area contributed by atoms with Crippen molar-refractivity contribution in [2.24, 2.45) is 11.8 Å². The topological polar surface area (TPSA) is 20.2 Å². The molecule has 0 aliphatic heterocycles. The number of aliphatic hydroxyl groups excluding tert-OH is 1. The standard InChI is InChI=1S/C9H16O/c1-6-4-5-7(2)9(10)8(6)3/h5-6,8-10H,4H2,1-3H3/t6-,8-,9+/m0/s1. The van der Waals surface area contributed by atoms with Gasteiger partial charge in [0.15, 0.2) is 0 Å². The van der Waals surface area contributed by atoms with Gasteiger partial charge >= 0.3 is 0 Å². The van der Waals surface area contributed by atoms with E-state index in [4.69, 9.17) is 0 Å². The van der Waals surface area contributed by atoms with Gasteiger partial charge in [0.1, 0.15) is 0 Å². The van der Waals surface area contributed by atoms with Crippen molar-refractivity contribution in [1.29, 1.82) is 0 Å². The lowest BCUT2D eigenvalue weighted by Crippen LogP contribution is -2.28. The van der Waals surface area contributed by atoms with Gasteiger partial charge in [-0.05, 0) is 30.8 Å². The second-order valence-electron chi connectivity index (χ2n) is 3.47. The first-order valence-electron chi connectivity index (χ1n) is 3.97. The van der Waals surface area contributed by atoms with Gasteiger partial charge in [-0.25, -0.2) is 0 Å². The molecule has 3 atom stereocenters. The first-order valence-corrected chi connectivity index (χ1v) is 3.97.